The van der Waals surface area contributed by atoms with E-state index in [1.807, 2.05) is 0 Å². The molecule has 0 saturated carbocycles. The van der Waals surface area contributed by atoms with Gasteiger partial charge in [0.15, 0.2) is 12.1 Å². The summed E-state index contributed by atoms with van der Waals surface area (Å²) >= 11 is 0. The van der Waals surface area contributed by atoms with E-state index in [1.54, 1.807) is 0 Å². The lowest BCUT2D eigenvalue weighted by Crippen LogP contribution is -2.18. The van der Waals surface area contributed by atoms with Gasteiger partial charge < -0.3 is 14.9 Å². The normalized spacial score (nSPS) is 10.5. The van der Waals surface area contributed by atoms with Gasteiger partial charge in [0.05, 0.1) is 0 Å². The lowest BCUT2D eigenvalue weighted by molar-refractivity contribution is 0.0946. The van der Waals surface area contributed by atoms with Crippen LogP contribution >= 0.6 is 0 Å². The molecule has 0 fully saturated rings. The van der Waals surface area contributed by atoms with Crippen LogP contribution < -0.4 is 5.32 Å². The summed E-state index contributed by atoms with van der Waals surface area (Å²) in [5, 5.41) is 15.0. The molecule has 0 atom stereocenters. The highest BCUT2D eigenvalue weighted by atomic mass is 16.5. The van der Waals surface area contributed by atoms with Gasteiger partial charge in [-0.1, -0.05) is 4.85 Å². The molecule has 0 aromatic carbocycles. The third-order valence-corrected chi connectivity index (χ3v) is 1.59. The second-order valence-corrected chi connectivity index (χ2v) is 2.32. The number of hydrogen-bond donors (Lipinski definition) is 2. The molecule has 68 valence electrons. The highest BCUT2D eigenvalue weighted by Gasteiger charge is 2.19. The second-order valence-electron chi connectivity index (χ2n) is 2.32. The minimum atomic E-state index is -0.436. The molecule has 0 spiro atoms. The molecule has 7 nitrogen and oxygen atoms in total. The van der Waals surface area contributed by atoms with Crippen molar-refractivity contribution in [2.45, 2.75) is 0 Å². The summed E-state index contributed by atoms with van der Waals surface area (Å²) in [5.41, 5.74) is 0.304. The van der Waals surface area contributed by atoms with Crippen LogP contribution in [0.2, 0.25) is 0 Å². The Balaban J connectivity index is 2.68. The van der Waals surface area contributed by atoms with Gasteiger partial charge in [-0.05, 0) is 0 Å². The third kappa shape index (κ3) is 0.934. The molecule has 1 amide bonds. The number of fused-ring (bicyclic) bond motifs is 1. The van der Waals surface area contributed by atoms with Gasteiger partial charge >= 0.3 is 0 Å². The zero-order valence-corrected chi connectivity index (χ0v) is 6.68. The molecule has 0 aliphatic carbocycles. The molecule has 0 saturated heterocycles. The molecule has 7 heteroatoms. The highest BCUT2D eigenvalue weighted by Crippen LogP contribution is 2.15. The number of amides is 1. The topological polar surface area (TPSA) is 93.2 Å². The maximum atomic E-state index is 11.2. The van der Waals surface area contributed by atoms with E-state index in [0.717, 1.165) is 6.39 Å². The van der Waals surface area contributed by atoms with E-state index in [4.69, 9.17) is 9.62 Å². The number of nitrogens with zero attached hydrogens (tertiary/aromatic N) is 3. The van der Waals surface area contributed by atoms with Crippen LogP contribution in [0, 0.1) is 0 Å². The van der Waals surface area contributed by atoms with Crippen LogP contribution in [0.3, 0.4) is 0 Å². The largest absolute Gasteiger partial charge is 0.439 e. The van der Waals surface area contributed by atoms with E-state index in [1.165, 1.54) is 7.05 Å². The van der Waals surface area contributed by atoms with Gasteiger partial charge in [-0.15, -0.1) is 5.10 Å². The second kappa shape index (κ2) is 2.47. The number of aromatic nitrogens is 3. The van der Waals surface area contributed by atoms with Gasteiger partial charge in [-0.2, -0.15) is 4.98 Å². The molecule has 2 N–H and O–H groups in total. The number of hydrogen-bond acceptors (Lipinski definition) is 5. The molecule has 0 radical (unpaired) electrons. The first-order valence-corrected chi connectivity index (χ1v) is 3.47. The monoisotopic (exact) mass is 182 g/mol. The van der Waals surface area contributed by atoms with Gasteiger partial charge in [0.2, 0.25) is 11.2 Å². The molecule has 2 heterocycles. The van der Waals surface area contributed by atoms with E-state index < -0.39 is 5.91 Å². The summed E-state index contributed by atoms with van der Waals surface area (Å²) < 4.78 is 4.88. The molecular weight excluding hydrogens is 176 g/mol. The predicted molar refractivity (Wildman–Crippen MR) is 40.4 cm³/mol. The zero-order chi connectivity index (χ0) is 9.42. The van der Waals surface area contributed by atoms with E-state index in [9.17, 15) is 4.79 Å². The molecule has 2 rings (SSSR count). The maximum Gasteiger partial charge on any atom is 0.275 e. The van der Waals surface area contributed by atoms with Crippen molar-refractivity contribution in [3.63, 3.8) is 0 Å². The van der Waals surface area contributed by atoms with Crippen molar-refractivity contribution < 1.29 is 14.4 Å². The standard InChI is InChI=1S/C6H6N4O3/c1-7-6(11)3-4-5(8-2-13-4)10(12)9-3/h2,12H,1H3,(H,7,11). The molecular formula is C6H6N4O3. The number of oxazole rings is 1. The number of carbonyl (C=O) groups is 1. The number of carbonyl (C=O) groups excluding carboxylic acids is 1. The molecule has 0 bridgehead atoms. The SMILES string of the molecule is CNC(=O)c1nn(O)c2ncoc12. The van der Waals surface area contributed by atoms with Crippen molar-refractivity contribution >= 4 is 17.1 Å². The fraction of sp³-hybridized carbons (Fsp3) is 0.167. The van der Waals surface area contributed by atoms with Crippen LogP contribution in [-0.2, 0) is 0 Å². The summed E-state index contributed by atoms with van der Waals surface area (Å²) in [6, 6.07) is 0. The minimum Gasteiger partial charge on any atom is -0.439 e. The molecule has 2 aromatic heterocycles. The van der Waals surface area contributed by atoms with Crippen LogP contribution in [0.1, 0.15) is 10.5 Å². The van der Waals surface area contributed by atoms with Gasteiger partial charge in [0, 0.05) is 7.05 Å². The van der Waals surface area contributed by atoms with Gasteiger partial charge in [0.1, 0.15) is 0 Å². The van der Waals surface area contributed by atoms with Crippen molar-refractivity contribution in [2.24, 2.45) is 0 Å². The summed E-state index contributed by atoms with van der Waals surface area (Å²) in [5.74, 6) is -0.436. The Labute approximate surface area is 71.9 Å². The van der Waals surface area contributed by atoms with Crippen molar-refractivity contribution in [3.8, 4) is 0 Å². The summed E-state index contributed by atoms with van der Waals surface area (Å²) in [7, 11) is 1.46. The maximum absolute atomic E-state index is 11.2. The summed E-state index contributed by atoms with van der Waals surface area (Å²) in [6.45, 7) is 0. The van der Waals surface area contributed by atoms with Crippen molar-refractivity contribution in [1.29, 1.82) is 0 Å². The summed E-state index contributed by atoms with van der Waals surface area (Å²) in [4.78, 5) is 15.3. The van der Waals surface area contributed by atoms with E-state index >= 15 is 0 Å². The quantitative estimate of drug-likeness (QED) is 0.586. The van der Waals surface area contributed by atoms with Crippen LogP contribution in [0.5, 0.6) is 0 Å². The lowest BCUT2D eigenvalue weighted by atomic mass is 10.4. The zero-order valence-electron chi connectivity index (χ0n) is 6.68. The van der Waals surface area contributed by atoms with Gasteiger partial charge in [-0.25, -0.2) is 0 Å². The molecule has 0 aliphatic rings. The van der Waals surface area contributed by atoms with Crippen molar-refractivity contribution in [3.05, 3.63) is 12.1 Å². The average molecular weight is 182 g/mol. The van der Waals surface area contributed by atoms with Crippen molar-refractivity contribution in [2.75, 3.05) is 7.05 Å². The van der Waals surface area contributed by atoms with E-state index in [-0.39, 0.29) is 16.9 Å². The van der Waals surface area contributed by atoms with Crippen molar-refractivity contribution in [1.82, 2.24) is 20.2 Å². The Morgan fingerprint density at radius 1 is 1.77 bits per heavy atom. The lowest BCUT2D eigenvalue weighted by Gasteiger charge is -1.91. The minimum absolute atomic E-state index is 0.0116. The first kappa shape index (κ1) is 7.59. The predicted octanol–water partition coefficient (Wildman–Crippen LogP) is -0.379. The van der Waals surface area contributed by atoms with Crippen LogP contribution in [0.25, 0.3) is 11.2 Å². The third-order valence-electron chi connectivity index (χ3n) is 1.59. The molecule has 0 aliphatic heterocycles. The highest BCUT2D eigenvalue weighted by molar-refractivity contribution is 6.01. The van der Waals surface area contributed by atoms with Crippen LogP contribution in [-0.4, -0.2) is 33.1 Å². The number of rotatable bonds is 1. The Kier molecular flexibility index (Phi) is 1.44. The Bertz CT molecular complexity index is 457. The molecule has 0 unspecified atom stereocenters. The Morgan fingerprint density at radius 2 is 2.54 bits per heavy atom. The van der Waals surface area contributed by atoms with Gasteiger partial charge in [-0.3, -0.25) is 4.79 Å². The van der Waals surface area contributed by atoms with E-state index in [0.29, 0.717) is 4.85 Å². The number of nitrogens with one attached hydrogen (secondary N) is 1. The fourth-order valence-electron chi connectivity index (χ4n) is 0.999. The first-order chi connectivity index (χ1) is 6.24. The first-order valence-electron chi connectivity index (χ1n) is 3.47. The fourth-order valence-corrected chi connectivity index (χ4v) is 0.999. The molecule has 13 heavy (non-hydrogen) atoms. The van der Waals surface area contributed by atoms with Crippen LogP contribution in [0.4, 0.5) is 0 Å². The Morgan fingerprint density at radius 3 is 3.23 bits per heavy atom. The Hall–Kier alpha value is -2.05. The smallest absolute Gasteiger partial charge is 0.275 e. The average Bonchev–Trinajstić information content (AvgIpc) is 2.68. The molecule has 2 aromatic rings. The van der Waals surface area contributed by atoms with Crippen LogP contribution in [0.15, 0.2) is 10.8 Å². The summed E-state index contributed by atoms with van der Waals surface area (Å²) in [6.07, 6.45) is 1.13. The van der Waals surface area contributed by atoms with E-state index in [2.05, 4.69) is 15.4 Å². The van der Waals surface area contributed by atoms with Gasteiger partial charge in [0.25, 0.3) is 5.91 Å².